The average molecular weight is 516 g/mol. The van der Waals surface area contributed by atoms with E-state index in [9.17, 15) is 28.5 Å². The highest BCUT2D eigenvalue weighted by atomic mass is 32.2. The molecule has 0 spiro atoms. The molecule has 4 aromatic rings. The van der Waals surface area contributed by atoms with E-state index in [1.165, 1.54) is 12.1 Å². The highest BCUT2D eigenvalue weighted by Crippen LogP contribution is 2.45. The topological polar surface area (TPSA) is 124 Å². The molecule has 7 nitrogen and oxygen atoms in total. The molecule has 5 rings (SSSR count). The number of phenols is 3. The lowest BCUT2D eigenvalue weighted by Gasteiger charge is -2.16. The molecule has 0 bridgehead atoms. The second-order valence-electron chi connectivity index (χ2n) is 9.32. The molecular formula is C29H25NO6S. The van der Waals surface area contributed by atoms with Crippen LogP contribution in [-0.4, -0.2) is 29.6 Å². The van der Waals surface area contributed by atoms with E-state index in [1.54, 1.807) is 36.4 Å². The van der Waals surface area contributed by atoms with Gasteiger partial charge in [-0.1, -0.05) is 62.4 Å². The van der Waals surface area contributed by atoms with Crippen molar-refractivity contribution in [1.29, 1.82) is 0 Å². The smallest absolute Gasteiger partial charge is 0.259 e. The molecule has 37 heavy (non-hydrogen) atoms. The van der Waals surface area contributed by atoms with Crippen molar-refractivity contribution in [3.05, 3.63) is 95.1 Å². The molecule has 0 aromatic heterocycles. The van der Waals surface area contributed by atoms with Crippen LogP contribution in [-0.2, 0) is 16.3 Å². The fourth-order valence-corrected chi connectivity index (χ4v) is 6.47. The Kier molecular flexibility index (Phi) is 5.92. The maximum Gasteiger partial charge on any atom is 0.259 e. The van der Waals surface area contributed by atoms with E-state index in [0.29, 0.717) is 11.1 Å². The van der Waals surface area contributed by atoms with Crippen LogP contribution in [0.25, 0.3) is 11.1 Å². The lowest BCUT2D eigenvalue weighted by Crippen LogP contribution is -2.13. The summed E-state index contributed by atoms with van der Waals surface area (Å²) in [6, 6.07) is 20.3. The summed E-state index contributed by atoms with van der Waals surface area (Å²) in [6.07, 6.45) is 0.226. The van der Waals surface area contributed by atoms with E-state index in [2.05, 4.69) is 5.32 Å². The van der Waals surface area contributed by atoms with E-state index >= 15 is 0 Å². The zero-order valence-electron chi connectivity index (χ0n) is 20.2. The summed E-state index contributed by atoms with van der Waals surface area (Å²) >= 11 is 0. The lowest BCUT2D eigenvalue weighted by atomic mass is 9.92. The molecule has 1 aliphatic heterocycles. The Morgan fingerprint density at radius 1 is 0.784 bits per heavy atom. The molecule has 0 unspecified atom stereocenters. The highest BCUT2D eigenvalue weighted by Gasteiger charge is 2.33. The van der Waals surface area contributed by atoms with Gasteiger partial charge in [0.1, 0.15) is 0 Å². The summed E-state index contributed by atoms with van der Waals surface area (Å²) in [5.41, 5.74) is 3.33. The first-order chi connectivity index (χ1) is 17.6. The second kappa shape index (κ2) is 8.97. The first-order valence-corrected chi connectivity index (χ1v) is 13.2. The Bertz CT molecular complexity index is 1670. The van der Waals surface area contributed by atoms with Crippen molar-refractivity contribution in [3.8, 4) is 28.4 Å². The molecule has 1 amide bonds. The number of nitrogens with one attached hydrogen (secondary N) is 1. The van der Waals surface area contributed by atoms with Crippen LogP contribution in [0.2, 0.25) is 0 Å². The van der Waals surface area contributed by atoms with Crippen molar-refractivity contribution in [2.75, 3.05) is 5.32 Å². The number of amides is 1. The number of carbonyl (C=O) groups is 1. The summed E-state index contributed by atoms with van der Waals surface area (Å²) in [5, 5.41) is 33.9. The average Bonchev–Trinajstić information content (AvgIpc) is 3.11. The first-order valence-electron chi connectivity index (χ1n) is 11.7. The van der Waals surface area contributed by atoms with Gasteiger partial charge in [0.25, 0.3) is 5.91 Å². The van der Waals surface area contributed by atoms with Gasteiger partial charge in [-0.2, -0.15) is 0 Å². The largest absolute Gasteiger partial charge is 0.504 e. The number of phenolic OH excluding ortho intramolecular Hbond substituents is 3. The van der Waals surface area contributed by atoms with Gasteiger partial charge in [-0.3, -0.25) is 4.79 Å². The monoisotopic (exact) mass is 515 g/mol. The lowest BCUT2D eigenvalue weighted by molar-refractivity contribution is 0.102. The fourth-order valence-electron chi connectivity index (χ4n) is 4.76. The van der Waals surface area contributed by atoms with Crippen molar-refractivity contribution >= 4 is 21.4 Å². The van der Waals surface area contributed by atoms with E-state index in [1.807, 2.05) is 38.1 Å². The molecular weight excluding hydrogens is 490 g/mol. The maximum atomic E-state index is 13.1. The molecule has 188 valence electrons. The van der Waals surface area contributed by atoms with Gasteiger partial charge in [0.05, 0.1) is 15.4 Å². The number of benzene rings is 4. The van der Waals surface area contributed by atoms with Crippen LogP contribution >= 0.6 is 0 Å². The third-order valence-electron chi connectivity index (χ3n) is 6.62. The Hall–Kier alpha value is -4.30. The van der Waals surface area contributed by atoms with Crippen LogP contribution in [0.5, 0.6) is 17.2 Å². The zero-order chi connectivity index (χ0) is 26.5. The normalized spacial score (nSPS) is 13.3. The minimum atomic E-state index is -3.73. The molecule has 4 aromatic carbocycles. The zero-order valence-corrected chi connectivity index (χ0v) is 21.0. The Balaban J connectivity index is 1.49. The van der Waals surface area contributed by atoms with Crippen molar-refractivity contribution in [2.24, 2.45) is 0 Å². The molecule has 4 N–H and O–H groups in total. The standard InChI is InChI=1S/C29H25NO6S/c1-16(2)20-8-4-3-7-17(20)13-18-14-23(27(32)28(33)26(18)31)29(34)30-19-11-12-22-21-9-5-6-10-24(21)37(35,36)25(22)15-19/h3-12,14-16,31-33H,13H2,1-2H3,(H,30,34). The van der Waals surface area contributed by atoms with E-state index < -0.39 is 33.0 Å². The summed E-state index contributed by atoms with van der Waals surface area (Å²) < 4.78 is 26.0. The molecule has 1 aliphatic rings. The third kappa shape index (κ3) is 4.09. The van der Waals surface area contributed by atoms with Crippen LogP contribution < -0.4 is 5.32 Å². The van der Waals surface area contributed by atoms with Crippen LogP contribution in [0, 0.1) is 0 Å². The fraction of sp³-hybridized carbons (Fsp3) is 0.138. The van der Waals surface area contributed by atoms with Gasteiger partial charge in [-0.15, -0.1) is 0 Å². The van der Waals surface area contributed by atoms with E-state index in [-0.39, 0.29) is 38.9 Å². The van der Waals surface area contributed by atoms with Crippen LogP contribution in [0.15, 0.2) is 82.6 Å². The molecule has 8 heteroatoms. The number of sulfone groups is 1. The van der Waals surface area contributed by atoms with Gasteiger partial charge in [0.15, 0.2) is 11.5 Å². The molecule has 0 radical (unpaired) electrons. The highest BCUT2D eigenvalue weighted by molar-refractivity contribution is 7.92. The summed E-state index contributed by atoms with van der Waals surface area (Å²) in [6.45, 7) is 4.09. The molecule has 0 atom stereocenters. The van der Waals surface area contributed by atoms with Crippen LogP contribution in [0.1, 0.15) is 46.8 Å². The minimum absolute atomic E-state index is 0.0789. The number of hydrogen-bond donors (Lipinski definition) is 4. The number of anilines is 1. The molecule has 0 saturated heterocycles. The third-order valence-corrected chi connectivity index (χ3v) is 8.48. The molecule has 0 fully saturated rings. The van der Waals surface area contributed by atoms with Gasteiger partial charge in [-0.25, -0.2) is 8.42 Å². The van der Waals surface area contributed by atoms with Crippen molar-refractivity contribution in [2.45, 2.75) is 36.0 Å². The van der Waals surface area contributed by atoms with Crippen molar-refractivity contribution in [1.82, 2.24) is 0 Å². The number of hydrogen-bond acceptors (Lipinski definition) is 6. The summed E-state index contributed by atoms with van der Waals surface area (Å²) in [7, 11) is -3.73. The van der Waals surface area contributed by atoms with Crippen molar-refractivity contribution in [3.63, 3.8) is 0 Å². The SMILES string of the molecule is CC(C)c1ccccc1Cc1cc(C(=O)Nc2ccc3c(c2)S(=O)(=O)c2ccccc2-3)c(O)c(O)c1O. The predicted molar refractivity (Wildman–Crippen MR) is 140 cm³/mol. The summed E-state index contributed by atoms with van der Waals surface area (Å²) in [5.74, 6) is -2.61. The van der Waals surface area contributed by atoms with Gasteiger partial charge in [0, 0.05) is 28.8 Å². The van der Waals surface area contributed by atoms with Crippen LogP contribution in [0.4, 0.5) is 5.69 Å². The van der Waals surface area contributed by atoms with Gasteiger partial charge in [0.2, 0.25) is 15.6 Å². The summed E-state index contributed by atoms with van der Waals surface area (Å²) in [4.78, 5) is 13.4. The van der Waals surface area contributed by atoms with Crippen molar-refractivity contribution < 1.29 is 28.5 Å². The van der Waals surface area contributed by atoms with Gasteiger partial charge < -0.3 is 20.6 Å². The van der Waals surface area contributed by atoms with E-state index in [4.69, 9.17) is 0 Å². The quantitative estimate of drug-likeness (QED) is 0.227. The van der Waals surface area contributed by atoms with Crippen LogP contribution in [0.3, 0.4) is 0 Å². The molecule has 1 heterocycles. The molecule has 0 aliphatic carbocycles. The first kappa shape index (κ1) is 24.4. The maximum absolute atomic E-state index is 13.1. The number of fused-ring (bicyclic) bond motifs is 3. The molecule has 0 saturated carbocycles. The Labute approximate surface area is 214 Å². The van der Waals surface area contributed by atoms with Gasteiger partial charge in [-0.05, 0) is 41.3 Å². The minimum Gasteiger partial charge on any atom is -0.504 e. The predicted octanol–water partition coefficient (Wildman–Crippen LogP) is 5.58. The number of rotatable bonds is 5. The second-order valence-corrected chi connectivity index (χ2v) is 11.2. The Morgan fingerprint density at radius 3 is 2.22 bits per heavy atom. The van der Waals surface area contributed by atoms with Gasteiger partial charge >= 0.3 is 0 Å². The number of carbonyl (C=O) groups excluding carboxylic acids is 1. The van der Waals surface area contributed by atoms with E-state index in [0.717, 1.165) is 11.1 Å². The Morgan fingerprint density at radius 2 is 1.46 bits per heavy atom. The number of aromatic hydroxyl groups is 3.